The van der Waals surface area contributed by atoms with E-state index in [0.29, 0.717) is 17.4 Å². The van der Waals surface area contributed by atoms with E-state index in [2.05, 4.69) is 41.4 Å². The molecule has 0 spiro atoms. The minimum absolute atomic E-state index is 0.0138. The smallest absolute Gasteiger partial charge is 0.244 e. The fourth-order valence-electron chi connectivity index (χ4n) is 1.61. The van der Waals surface area contributed by atoms with E-state index >= 15 is 0 Å². The number of hydrogen-bond donors (Lipinski definition) is 3. The Morgan fingerprint density at radius 1 is 1.43 bits per heavy atom. The first-order chi connectivity index (χ1) is 10.0. The maximum absolute atomic E-state index is 12.2. The predicted octanol–water partition coefficient (Wildman–Crippen LogP) is 0.0898. The fourth-order valence-corrected chi connectivity index (χ4v) is 3.31. The van der Waals surface area contributed by atoms with E-state index in [1.807, 2.05) is 0 Å². The van der Waals surface area contributed by atoms with Gasteiger partial charge in [-0.15, -0.1) is 5.10 Å². The van der Waals surface area contributed by atoms with Gasteiger partial charge < -0.3 is 5.43 Å². The molecule has 0 bridgehead atoms. The van der Waals surface area contributed by atoms with Crippen LogP contribution >= 0.6 is 15.9 Å². The van der Waals surface area contributed by atoms with Gasteiger partial charge in [0.2, 0.25) is 10.0 Å². The van der Waals surface area contributed by atoms with Crippen LogP contribution in [-0.2, 0) is 16.6 Å². The maximum atomic E-state index is 12.2. The molecule has 0 aliphatic carbocycles. The molecule has 0 aliphatic heterocycles. The van der Waals surface area contributed by atoms with E-state index in [4.69, 9.17) is 5.84 Å². The monoisotopic (exact) mass is 375 g/mol. The lowest BCUT2D eigenvalue weighted by molar-refractivity contribution is 0.542. The average Bonchev–Trinajstić information content (AvgIpc) is 2.97. The number of pyridine rings is 1. The third kappa shape index (κ3) is 4.20. The van der Waals surface area contributed by atoms with Crippen molar-refractivity contribution in [2.24, 2.45) is 5.84 Å². The molecule has 0 aromatic carbocycles. The van der Waals surface area contributed by atoms with Crippen LogP contribution in [0.1, 0.15) is 6.42 Å². The molecular formula is C10H14BrN7O2S. The molecule has 2 rings (SSSR count). The molecule has 0 saturated carbocycles. The molecule has 0 fully saturated rings. The molecule has 114 valence electrons. The standard InChI is InChI=1S/C10H14BrN7O2S/c11-8-6-9(10(16-12)13-7-8)21(19,20)15-2-1-4-18-5-3-14-17-18/h3,5-7,15H,1-2,4,12H2,(H,13,16). The molecule has 4 N–H and O–H groups in total. The third-order valence-corrected chi connectivity index (χ3v) is 4.48. The van der Waals surface area contributed by atoms with E-state index in [-0.39, 0.29) is 17.3 Å². The van der Waals surface area contributed by atoms with Gasteiger partial charge in [0.1, 0.15) is 4.90 Å². The molecule has 2 heterocycles. The second kappa shape index (κ2) is 6.93. The predicted molar refractivity (Wildman–Crippen MR) is 79.6 cm³/mol. The first-order valence-corrected chi connectivity index (χ1v) is 8.26. The lowest BCUT2D eigenvalue weighted by atomic mass is 10.4. The average molecular weight is 376 g/mol. The maximum Gasteiger partial charge on any atom is 0.244 e. The van der Waals surface area contributed by atoms with Crippen molar-refractivity contribution in [3.8, 4) is 0 Å². The second-order valence-corrected chi connectivity index (χ2v) is 6.71. The highest BCUT2D eigenvalue weighted by Gasteiger charge is 2.19. The van der Waals surface area contributed by atoms with Crippen LogP contribution in [0.5, 0.6) is 0 Å². The summed E-state index contributed by atoms with van der Waals surface area (Å²) in [5, 5.41) is 7.46. The van der Waals surface area contributed by atoms with Crippen molar-refractivity contribution in [1.82, 2.24) is 24.7 Å². The molecule has 0 saturated heterocycles. The molecule has 2 aromatic heterocycles. The Hall–Kier alpha value is -1.56. The van der Waals surface area contributed by atoms with Gasteiger partial charge in [0.15, 0.2) is 5.82 Å². The van der Waals surface area contributed by atoms with Crippen LogP contribution in [0.3, 0.4) is 0 Å². The highest BCUT2D eigenvalue weighted by molar-refractivity contribution is 9.10. The fraction of sp³-hybridized carbons (Fsp3) is 0.300. The molecule has 21 heavy (non-hydrogen) atoms. The Balaban J connectivity index is 1.99. The van der Waals surface area contributed by atoms with E-state index in [1.54, 1.807) is 17.1 Å². The van der Waals surface area contributed by atoms with Crippen LogP contribution in [-0.4, -0.2) is 34.9 Å². The van der Waals surface area contributed by atoms with E-state index in [0.717, 1.165) is 0 Å². The SMILES string of the molecule is NNc1ncc(Br)cc1S(=O)(=O)NCCCn1ccnn1. The van der Waals surface area contributed by atoms with Crippen molar-refractivity contribution >= 4 is 31.8 Å². The number of aromatic nitrogens is 4. The quantitative estimate of drug-likeness (QED) is 0.355. The van der Waals surface area contributed by atoms with Crippen molar-refractivity contribution in [3.63, 3.8) is 0 Å². The third-order valence-electron chi connectivity index (χ3n) is 2.57. The second-order valence-electron chi connectivity index (χ2n) is 4.06. The van der Waals surface area contributed by atoms with Gasteiger partial charge in [0, 0.05) is 30.0 Å². The van der Waals surface area contributed by atoms with Gasteiger partial charge in [-0.3, -0.25) is 4.68 Å². The van der Waals surface area contributed by atoms with Gasteiger partial charge in [-0.25, -0.2) is 24.0 Å². The number of rotatable bonds is 7. The number of nitrogens with one attached hydrogen (secondary N) is 2. The number of halogens is 1. The molecular weight excluding hydrogens is 362 g/mol. The van der Waals surface area contributed by atoms with E-state index in [1.165, 1.54) is 12.3 Å². The Bertz CT molecular complexity index is 689. The zero-order valence-electron chi connectivity index (χ0n) is 10.9. The van der Waals surface area contributed by atoms with Crippen molar-refractivity contribution in [2.75, 3.05) is 12.0 Å². The number of hydrogen-bond acceptors (Lipinski definition) is 7. The molecule has 11 heteroatoms. The van der Waals surface area contributed by atoms with Crippen LogP contribution in [0.4, 0.5) is 5.82 Å². The lowest BCUT2D eigenvalue weighted by Crippen LogP contribution is -2.27. The Labute approximate surface area is 130 Å². The zero-order valence-corrected chi connectivity index (χ0v) is 13.3. The number of sulfonamides is 1. The molecule has 0 atom stereocenters. The normalized spacial score (nSPS) is 11.5. The summed E-state index contributed by atoms with van der Waals surface area (Å²) in [6.07, 6.45) is 5.31. The summed E-state index contributed by atoms with van der Waals surface area (Å²) in [5.74, 6) is 5.36. The Morgan fingerprint density at radius 3 is 2.90 bits per heavy atom. The van der Waals surface area contributed by atoms with Crippen molar-refractivity contribution in [3.05, 3.63) is 29.1 Å². The summed E-state index contributed by atoms with van der Waals surface area (Å²) in [6.45, 7) is 0.833. The van der Waals surface area contributed by atoms with E-state index in [9.17, 15) is 8.42 Å². The summed E-state index contributed by atoms with van der Waals surface area (Å²) in [4.78, 5) is 3.89. The molecule has 0 radical (unpaired) electrons. The summed E-state index contributed by atoms with van der Waals surface area (Å²) in [7, 11) is -3.70. The molecule has 0 unspecified atom stereocenters. The van der Waals surface area contributed by atoms with E-state index < -0.39 is 10.0 Å². The Kier molecular flexibility index (Phi) is 5.22. The van der Waals surface area contributed by atoms with Crippen molar-refractivity contribution < 1.29 is 8.42 Å². The van der Waals surface area contributed by atoms with Gasteiger partial charge in [-0.2, -0.15) is 0 Å². The highest BCUT2D eigenvalue weighted by Crippen LogP contribution is 2.21. The van der Waals surface area contributed by atoms with Gasteiger partial charge in [0.05, 0.1) is 6.20 Å². The van der Waals surface area contributed by atoms with Crippen LogP contribution in [0.2, 0.25) is 0 Å². The minimum Gasteiger partial charge on any atom is -0.307 e. The van der Waals surface area contributed by atoms with Gasteiger partial charge in [-0.05, 0) is 28.4 Å². The number of nitrogen functional groups attached to an aromatic ring is 1. The molecule has 2 aromatic rings. The Morgan fingerprint density at radius 2 is 2.24 bits per heavy atom. The van der Waals surface area contributed by atoms with Gasteiger partial charge in [-0.1, -0.05) is 5.21 Å². The number of nitrogens with zero attached hydrogens (tertiary/aromatic N) is 4. The minimum atomic E-state index is -3.70. The summed E-state index contributed by atoms with van der Waals surface area (Å²) < 4.78 is 29.1. The summed E-state index contributed by atoms with van der Waals surface area (Å²) in [5.41, 5.74) is 2.27. The number of aryl methyl sites for hydroxylation is 1. The number of anilines is 1. The van der Waals surface area contributed by atoms with Crippen LogP contribution in [0.15, 0.2) is 34.0 Å². The summed E-state index contributed by atoms with van der Waals surface area (Å²) in [6, 6.07) is 1.43. The largest absolute Gasteiger partial charge is 0.307 e. The lowest BCUT2D eigenvalue weighted by Gasteiger charge is -2.10. The number of hydrazine groups is 1. The summed E-state index contributed by atoms with van der Waals surface area (Å²) >= 11 is 3.18. The molecule has 0 amide bonds. The molecule has 9 nitrogen and oxygen atoms in total. The van der Waals surface area contributed by atoms with Crippen LogP contribution in [0.25, 0.3) is 0 Å². The van der Waals surface area contributed by atoms with Crippen LogP contribution < -0.4 is 16.0 Å². The number of nitrogens with two attached hydrogens (primary N) is 1. The topological polar surface area (TPSA) is 128 Å². The molecule has 0 aliphatic rings. The van der Waals surface area contributed by atoms with Gasteiger partial charge >= 0.3 is 0 Å². The van der Waals surface area contributed by atoms with Crippen molar-refractivity contribution in [1.29, 1.82) is 0 Å². The first kappa shape index (κ1) is 15.8. The van der Waals surface area contributed by atoms with Crippen molar-refractivity contribution in [2.45, 2.75) is 17.9 Å². The highest BCUT2D eigenvalue weighted by atomic mass is 79.9. The first-order valence-electron chi connectivity index (χ1n) is 5.99. The van der Waals surface area contributed by atoms with Crippen LogP contribution in [0, 0.1) is 0 Å². The van der Waals surface area contributed by atoms with Gasteiger partial charge in [0.25, 0.3) is 0 Å². The zero-order chi connectivity index (χ0) is 15.3.